The second-order valence-electron chi connectivity index (χ2n) is 6.42. The SMILES string of the molecule is CCC(OC(=O)CCC(=O)OC(C)C1CCCC1)C(C)C. The summed E-state index contributed by atoms with van der Waals surface area (Å²) < 4.78 is 10.8. The third-order valence-corrected chi connectivity index (χ3v) is 4.34. The molecule has 1 saturated carbocycles. The summed E-state index contributed by atoms with van der Waals surface area (Å²) in [7, 11) is 0. The minimum atomic E-state index is -0.305. The zero-order valence-corrected chi connectivity index (χ0v) is 13.9. The van der Waals surface area contributed by atoms with E-state index in [1.807, 2.05) is 27.7 Å². The lowest BCUT2D eigenvalue weighted by Gasteiger charge is -2.20. The van der Waals surface area contributed by atoms with Crippen LogP contribution in [0.15, 0.2) is 0 Å². The van der Waals surface area contributed by atoms with Gasteiger partial charge in [-0.1, -0.05) is 33.6 Å². The third kappa shape index (κ3) is 6.49. The number of carbonyl (C=O) groups excluding carboxylic acids is 2. The Labute approximate surface area is 128 Å². The molecule has 1 aliphatic carbocycles. The van der Waals surface area contributed by atoms with Crippen molar-refractivity contribution in [1.29, 1.82) is 0 Å². The average Bonchev–Trinajstić information content (AvgIpc) is 2.96. The molecule has 0 saturated heterocycles. The number of hydrogen-bond acceptors (Lipinski definition) is 4. The lowest BCUT2D eigenvalue weighted by Crippen LogP contribution is -2.25. The smallest absolute Gasteiger partial charge is 0.306 e. The van der Waals surface area contributed by atoms with E-state index in [-0.39, 0.29) is 37.0 Å². The van der Waals surface area contributed by atoms with E-state index in [4.69, 9.17) is 9.47 Å². The summed E-state index contributed by atoms with van der Waals surface area (Å²) in [5, 5.41) is 0. The molecule has 1 aliphatic rings. The highest BCUT2D eigenvalue weighted by Crippen LogP contribution is 2.29. The van der Waals surface area contributed by atoms with Gasteiger partial charge in [0.05, 0.1) is 12.8 Å². The molecule has 4 heteroatoms. The van der Waals surface area contributed by atoms with Gasteiger partial charge in [0.2, 0.25) is 0 Å². The molecule has 0 aliphatic heterocycles. The van der Waals surface area contributed by atoms with Crippen LogP contribution in [0.2, 0.25) is 0 Å². The van der Waals surface area contributed by atoms with Gasteiger partial charge in [0.25, 0.3) is 0 Å². The lowest BCUT2D eigenvalue weighted by atomic mass is 10.0. The molecule has 2 unspecified atom stereocenters. The Kier molecular flexibility index (Phi) is 7.76. The maximum atomic E-state index is 11.8. The van der Waals surface area contributed by atoms with Crippen molar-refractivity contribution in [3.63, 3.8) is 0 Å². The van der Waals surface area contributed by atoms with Crippen molar-refractivity contribution in [2.45, 2.75) is 84.8 Å². The second-order valence-corrected chi connectivity index (χ2v) is 6.42. The Morgan fingerprint density at radius 2 is 1.52 bits per heavy atom. The molecule has 1 rings (SSSR count). The number of ether oxygens (including phenoxy) is 2. The Bertz CT molecular complexity index is 332. The number of carbonyl (C=O) groups is 2. The van der Waals surface area contributed by atoms with Crippen LogP contribution in [0.1, 0.15) is 72.6 Å². The Morgan fingerprint density at radius 1 is 1.00 bits per heavy atom. The van der Waals surface area contributed by atoms with Crippen LogP contribution in [0.5, 0.6) is 0 Å². The van der Waals surface area contributed by atoms with E-state index < -0.39 is 0 Å². The van der Waals surface area contributed by atoms with Gasteiger partial charge in [0, 0.05) is 0 Å². The molecular weight excluding hydrogens is 268 g/mol. The first-order valence-electron chi connectivity index (χ1n) is 8.33. The van der Waals surface area contributed by atoms with Crippen molar-refractivity contribution < 1.29 is 19.1 Å². The summed E-state index contributed by atoms with van der Waals surface area (Å²) in [5.41, 5.74) is 0. The molecule has 0 spiro atoms. The molecule has 0 amide bonds. The molecule has 0 heterocycles. The van der Waals surface area contributed by atoms with E-state index in [1.165, 1.54) is 12.8 Å². The van der Waals surface area contributed by atoms with Crippen LogP contribution in [-0.4, -0.2) is 24.1 Å². The first kappa shape index (κ1) is 18.0. The second kappa shape index (κ2) is 9.06. The van der Waals surface area contributed by atoms with E-state index in [0.29, 0.717) is 11.8 Å². The quantitative estimate of drug-likeness (QED) is 0.638. The van der Waals surface area contributed by atoms with Gasteiger partial charge >= 0.3 is 11.9 Å². The van der Waals surface area contributed by atoms with Crippen LogP contribution in [0.4, 0.5) is 0 Å². The highest BCUT2D eigenvalue weighted by atomic mass is 16.6. The highest BCUT2D eigenvalue weighted by Gasteiger charge is 2.25. The number of rotatable bonds is 8. The van der Waals surface area contributed by atoms with Crippen LogP contribution < -0.4 is 0 Å². The van der Waals surface area contributed by atoms with Crippen molar-refractivity contribution in [1.82, 2.24) is 0 Å². The average molecular weight is 298 g/mol. The molecule has 21 heavy (non-hydrogen) atoms. The van der Waals surface area contributed by atoms with E-state index >= 15 is 0 Å². The van der Waals surface area contributed by atoms with Gasteiger partial charge in [0.1, 0.15) is 12.2 Å². The zero-order chi connectivity index (χ0) is 15.8. The topological polar surface area (TPSA) is 52.6 Å². The molecule has 0 aromatic heterocycles. The molecule has 122 valence electrons. The van der Waals surface area contributed by atoms with E-state index in [9.17, 15) is 9.59 Å². The van der Waals surface area contributed by atoms with Crippen LogP contribution in [0.3, 0.4) is 0 Å². The van der Waals surface area contributed by atoms with Crippen LogP contribution in [-0.2, 0) is 19.1 Å². The molecular formula is C17H30O4. The van der Waals surface area contributed by atoms with Gasteiger partial charge in [-0.3, -0.25) is 9.59 Å². The minimum absolute atomic E-state index is 0.0323. The van der Waals surface area contributed by atoms with Crippen molar-refractivity contribution in [3.05, 3.63) is 0 Å². The fraction of sp³-hybridized carbons (Fsp3) is 0.882. The summed E-state index contributed by atoms with van der Waals surface area (Å²) in [4.78, 5) is 23.5. The normalized spacial score (nSPS) is 18.5. The van der Waals surface area contributed by atoms with Gasteiger partial charge in [-0.05, 0) is 38.0 Å². The van der Waals surface area contributed by atoms with Crippen molar-refractivity contribution in [2.75, 3.05) is 0 Å². The molecule has 0 N–H and O–H groups in total. The molecule has 0 aromatic rings. The maximum Gasteiger partial charge on any atom is 0.306 e. The van der Waals surface area contributed by atoms with Gasteiger partial charge in [-0.25, -0.2) is 0 Å². The highest BCUT2D eigenvalue weighted by molar-refractivity contribution is 5.77. The Balaban J connectivity index is 2.24. The van der Waals surface area contributed by atoms with Gasteiger partial charge in [-0.2, -0.15) is 0 Å². The standard InChI is InChI=1S/C17H30O4/c1-5-15(12(2)3)21-17(19)11-10-16(18)20-13(4)14-8-6-7-9-14/h12-15H,5-11H2,1-4H3. The van der Waals surface area contributed by atoms with E-state index in [1.54, 1.807) is 0 Å². The van der Waals surface area contributed by atoms with Crippen LogP contribution in [0, 0.1) is 11.8 Å². The first-order chi connectivity index (χ1) is 9.93. The summed E-state index contributed by atoms with van der Waals surface area (Å²) in [6.45, 7) is 8.01. The number of hydrogen-bond donors (Lipinski definition) is 0. The fourth-order valence-electron chi connectivity index (χ4n) is 2.91. The molecule has 4 nitrogen and oxygen atoms in total. The van der Waals surface area contributed by atoms with Crippen molar-refractivity contribution >= 4 is 11.9 Å². The fourth-order valence-corrected chi connectivity index (χ4v) is 2.91. The monoisotopic (exact) mass is 298 g/mol. The van der Waals surface area contributed by atoms with E-state index in [2.05, 4.69) is 0 Å². The minimum Gasteiger partial charge on any atom is -0.462 e. The summed E-state index contributed by atoms with van der Waals surface area (Å²) in [5.74, 6) is 0.199. The molecule has 0 bridgehead atoms. The van der Waals surface area contributed by atoms with Crippen LogP contribution in [0.25, 0.3) is 0 Å². The predicted molar refractivity (Wildman–Crippen MR) is 81.8 cm³/mol. The molecule has 0 aromatic carbocycles. The van der Waals surface area contributed by atoms with Crippen molar-refractivity contribution in [2.24, 2.45) is 11.8 Å². The Morgan fingerprint density at radius 3 is 2.00 bits per heavy atom. The third-order valence-electron chi connectivity index (χ3n) is 4.34. The van der Waals surface area contributed by atoms with Gasteiger partial charge < -0.3 is 9.47 Å². The van der Waals surface area contributed by atoms with Crippen molar-refractivity contribution in [3.8, 4) is 0 Å². The summed E-state index contributed by atoms with van der Waals surface area (Å²) in [6.07, 6.45) is 5.67. The Hall–Kier alpha value is -1.06. The van der Waals surface area contributed by atoms with Gasteiger partial charge in [0.15, 0.2) is 0 Å². The largest absolute Gasteiger partial charge is 0.462 e. The molecule has 1 fully saturated rings. The predicted octanol–water partition coefficient (Wildman–Crippen LogP) is 3.87. The van der Waals surface area contributed by atoms with Gasteiger partial charge in [-0.15, -0.1) is 0 Å². The molecule has 2 atom stereocenters. The van der Waals surface area contributed by atoms with E-state index in [0.717, 1.165) is 19.3 Å². The lowest BCUT2D eigenvalue weighted by molar-refractivity contribution is -0.158. The number of esters is 2. The molecule has 0 radical (unpaired) electrons. The zero-order valence-electron chi connectivity index (χ0n) is 13.9. The van der Waals surface area contributed by atoms with Crippen LogP contribution >= 0.6 is 0 Å². The summed E-state index contributed by atoms with van der Waals surface area (Å²) >= 11 is 0. The summed E-state index contributed by atoms with van der Waals surface area (Å²) in [6, 6.07) is 0. The first-order valence-corrected chi connectivity index (χ1v) is 8.33. The maximum absolute atomic E-state index is 11.8.